The molecule has 0 bridgehead atoms. The van der Waals surface area contributed by atoms with E-state index in [0.717, 1.165) is 128 Å². The summed E-state index contributed by atoms with van der Waals surface area (Å²) in [5, 5.41) is 0. The molecule has 88 heavy (non-hydrogen) atoms. The van der Waals surface area contributed by atoms with Crippen LogP contribution < -0.4 is 4.89 Å². The van der Waals surface area contributed by atoms with Crippen LogP contribution in [0.15, 0.2) is 158 Å². The summed E-state index contributed by atoms with van der Waals surface area (Å²) in [6.45, 7) is 4.00. The fourth-order valence-corrected chi connectivity index (χ4v) is 9.96. The molecule has 0 amide bonds. The number of nitrogens with zero attached hydrogens (tertiary/aromatic N) is 1. The smallest absolute Gasteiger partial charge is 0.306 e. The van der Waals surface area contributed by atoms with Crippen LogP contribution in [0.2, 0.25) is 0 Å². The average molecular weight is 1240 g/mol. The topological polar surface area (TPSA) is 111 Å². The summed E-state index contributed by atoms with van der Waals surface area (Å²) in [6, 6.07) is 0. The Morgan fingerprint density at radius 1 is 0.352 bits per heavy atom. The Hall–Kier alpha value is -4.37. The van der Waals surface area contributed by atoms with E-state index in [9.17, 15) is 19.0 Å². The Bertz CT molecular complexity index is 2040. The molecule has 0 heterocycles. The molecular weight excluding hydrogens is 1110 g/mol. The summed E-state index contributed by atoms with van der Waals surface area (Å²) in [7, 11) is 1.15. The number of carbonyl (C=O) groups excluding carboxylic acids is 2. The van der Waals surface area contributed by atoms with Gasteiger partial charge in [-0.1, -0.05) is 294 Å². The third kappa shape index (κ3) is 70.7. The number of allylic oxidation sites excluding steroid dienone is 26. The van der Waals surface area contributed by atoms with Crippen molar-refractivity contribution >= 4 is 19.8 Å². The first-order valence-electron chi connectivity index (χ1n) is 35.2. The number of phosphoric ester groups is 1. The summed E-state index contributed by atoms with van der Waals surface area (Å²) in [5.74, 6) is -0.847. The number of esters is 2. The van der Waals surface area contributed by atoms with Gasteiger partial charge in [0, 0.05) is 12.8 Å². The summed E-state index contributed by atoms with van der Waals surface area (Å²) >= 11 is 0. The van der Waals surface area contributed by atoms with Crippen LogP contribution in [0.25, 0.3) is 0 Å². The first kappa shape index (κ1) is 83.6. The van der Waals surface area contributed by atoms with Gasteiger partial charge in [0.2, 0.25) is 0 Å². The van der Waals surface area contributed by atoms with Crippen molar-refractivity contribution in [3.8, 4) is 0 Å². The lowest BCUT2D eigenvalue weighted by Crippen LogP contribution is -2.37. The van der Waals surface area contributed by atoms with Crippen molar-refractivity contribution in [2.24, 2.45) is 0 Å². The minimum Gasteiger partial charge on any atom is -0.756 e. The van der Waals surface area contributed by atoms with Crippen LogP contribution in [0.1, 0.15) is 271 Å². The zero-order chi connectivity index (χ0) is 64.1. The zero-order valence-corrected chi connectivity index (χ0v) is 57.8. The third-order valence-corrected chi connectivity index (χ3v) is 15.5. The number of rotatable bonds is 63. The molecule has 0 fully saturated rings. The SMILES string of the molecule is CC/C=C\C/C=C\C/C=C\C/C=C\C/C=C\C/C=C\C/C=C\CCCCCCCCCCCCCCCCCC(=O)OC(COC(=O)CCCCCCCCCC/C=C\C/C=C\C/C=C\C/C=C\C/C=C\C/C=C\CC)COP(=O)([O-])OCC[N+](C)(C)C. The zero-order valence-electron chi connectivity index (χ0n) is 56.9. The van der Waals surface area contributed by atoms with E-state index in [1.165, 1.54) is 103 Å². The van der Waals surface area contributed by atoms with Gasteiger partial charge < -0.3 is 27.9 Å². The number of ether oxygens (including phenoxy) is 2. The second-order valence-corrected chi connectivity index (χ2v) is 25.5. The van der Waals surface area contributed by atoms with E-state index >= 15 is 0 Å². The van der Waals surface area contributed by atoms with Gasteiger partial charge in [-0.15, -0.1) is 0 Å². The van der Waals surface area contributed by atoms with E-state index in [1.54, 1.807) is 0 Å². The standard InChI is InChI=1S/C78H130NO8P/c1-6-8-10-12-14-16-18-20-22-24-26-28-30-32-34-35-36-37-38-39-40-41-42-43-45-47-49-51-53-55-57-59-61-63-65-67-69-71-78(81)87-76(75-86-88(82,83)85-73-72-79(3,4)5)74-84-77(80)70-68-66-64-62-60-58-56-54-52-50-48-46-44-33-31-29-27-25-23-21-19-17-15-13-11-9-7-2/h8-11,14-17,20-23,26-29,32-34,36-37,39-40,44,48,50,76H,6-7,12-13,18-19,24-25,30-31,35,38,41-43,45-47,49,51-75H2,1-5H3/b10-8-,11-9-,16-14-,17-15-,22-20-,23-21-,28-26-,29-27-,34-32-,37-36-,40-39-,44-33-,50-48-. The van der Waals surface area contributed by atoms with E-state index in [4.69, 9.17) is 18.5 Å². The lowest BCUT2D eigenvalue weighted by Gasteiger charge is -2.28. The summed E-state index contributed by atoms with van der Waals surface area (Å²) in [4.78, 5) is 38.1. The minimum absolute atomic E-state index is 0.0393. The van der Waals surface area contributed by atoms with Gasteiger partial charge in [-0.3, -0.25) is 14.2 Å². The fraction of sp³-hybridized carbons (Fsp3) is 0.641. The van der Waals surface area contributed by atoms with Crippen molar-refractivity contribution in [3.63, 3.8) is 0 Å². The van der Waals surface area contributed by atoms with Crippen molar-refractivity contribution in [1.29, 1.82) is 0 Å². The molecule has 0 radical (unpaired) electrons. The molecular formula is C78H130NO8P. The van der Waals surface area contributed by atoms with Gasteiger partial charge in [0.05, 0.1) is 27.7 Å². The molecule has 0 aromatic rings. The van der Waals surface area contributed by atoms with Crippen molar-refractivity contribution < 1.29 is 42.1 Å². The van der Waals surface area contributed by atoms with Gasteiger partial charge in [-0.05, 0) is 122 Å². The molecule has 9 nitrogen and oxygen atoms in total. The normalized spacial score (nSPS) is 14.1. The Morgan fingerprint density at radius 2 is 0.614 bits per heavy atom. The second-order valence-electron chi connectivity index (χ2n) is 24.1. The van der Waals surface area contributed by atoms with Crippen LogP contribution in [-0.2, 0) is 32.7 Å². The fourth-order valence-electron chi connectivity index (χ4n) is 9.23. The van der Waals surface area contributed by atoms with E-state index in [-0.39, 0.29) is 26.1 Å². The summed E-state index contributed by atoms with van der Waals surface area (Å²) < 4.78 is 34.3. The molecule has 10 heteroatoms. The number of quaternary nitrogens is 1. The summed E-state index contributed by atoms with van der Waals surface area (Å²) in [5.41, 5.74) is 0. The highest BCUT2D eigenvalue weighted by molar-refractivity contribution is 7.45. The first-order valence-corrected chi connectivity index (χ1v) is 36.7. The first-order chi connectivity index (χ1) is 43.0. The molecule has 2 unspecified atom stereocenters. The minimum atomic E-state index is -4.65. The van der Waals surface area contributed by atoms with E-state index < -0.39 is 32.5 Å². The van der Waals surface area contributed by atoms with Gasteiger partial charge in [-0.2, -0.15) is 0 Å². The Kier molecular flexibility index (Phi) is 63.7. The quantitative estimate of drug-likeness (QED) is 0.0195. The number of hydrogen-bond donors (Lipinski definition) is 0. The lowest BCUT2D eigenvalue weighted by molar-refractivity contribution is -0.870. The molecule has 0 aliphatic heterocycles. The van der Waals surface area contributed by atoms with Crippen LogP contribution in [0.4, 0.5) is 0 Å². The largest absolute Gasteiger partial charge is 0.756 e. The average Bonchev–Trinajstić information content (AvgIpc) is 3.68. The monoisotopic (exact) mass is 1240 g/mol. The van der Waals surface area contributed by atoms with Crippen LogP contribution in [0.5, 0.6) is 0 Å². The molecule has 2 atom stereocenters. The number of unbranched alkanes of at least 4 members (excludes halogenated alkanes) is 23. The maximum Gasteiger partial charge on any atom is 0.306 e. The Labute approximate surface area is 541 Å². The highest BCUT2D eigenvalue weighted by Crippen LogP contribution is 2.38. The maximum atomic E-state index is 12.9. The van der Waals surface area contributed by atoms with Crippen molar-refractivity contribution in [2.45, 2.75) is 277 Å². The van der Waals surface area contributed by atoms with Crippen LogP contribution in [0.3, 0.4) is 0 Å². The molecule has 0 N–H and O–H groups in total. The van der Waals surface area contributed by atoms with E-state index in [1.807, 2.05) is 21.1 Å². The molecule has 0 aliphatic rings. The van der Waals surface area contributed by atoms with Gasteiger partial charge in [0.1, 0.15) is 19.8 Å². The molecule has 0 aromatic carbocycles. The maximum absolute atomic E-state index is 12.9. The number of likely N-dealkylation sites (N-methyl/N-ethyl adjacent to an activating group) is 1. The van der Waals surface area contributed by atoms with Crippen LogP contribution in [0, 0.1) is 0 Å². The highest BCUT2D eigenvalue weighted by atomic mass is 31.2. The third-order valence-electron chi connectivity index (χ3n) is 14.5. The van der Waals surface area contributed by atoms with Gasteiger partial charge in [0.25, 0.3) is 7.82 Å². The molecule has 0 aromatic heterocycles. The predicted octanol–water partition coefficient (Wildman–Crippen LogP) is 22.5. The van der Waals surface area contributed by atoms with Gasteiger partial charge in [0.15, 0.2) is 6.10 Å². The Morgan fingerprint density at radius 3 is 0.909 bits per heavy atom. The van der Waals surface area contributed by atoms with Gasteiger partial charge in [-0.25, -0.2) is 0 Å². The van der Waals surface area contributed by atoms with Crippen molar-refractivity contribution in [1.82, 2.24) is 0 Å². The molecule has 0 saturated carbocycles. The van der Waals surface area contributed by atoms with Crippen molar-refractivity contribution in [3.05, 3.63) is 158 Å². The molecule has 0 aliphatic carbocycles. The van der Waals surface area contributed by atoms with Crippen molar-refractivity contribution in [2.75, 3.05) is 47.5 Å². The van der Waals surface area contributed by atoms with Crippen LogP contribution in [-0.4, -0.2) is 70.0 Å². The molecule has 0 saturated heterocycles. The number of phosphoric acid groups is 1. The van der Waals surface area contributed by atoms with E-state index in [0.29, 0.717) is 23.9 Å². The number of hydrogen-bond acceptors (Lipinski definition) is 8. The molecule has 0 rings (SSSR count). The lowest BCUT2D eigenvalue weighted by atomic mass is 10.0. The Balaban J connectivity index is 4.09. The predicted molar refractivity (Wildman–Crippen MR) is 378 cm³/mol. The number of carbonyl (C=O) groups is 2. The van der Waals surface area contributed by atoms with E-state index in [2.05, 4.69) is 172 Å². The molecule has 0 spiro atoms. The molecule has 500 valence electrons. The van der Waals surface area contributed by atoms with Gasteiger partial charge >= 0.3 is 11.9 Å². The summed E-state index contributed by atoms with van der Waals surface area (Å²) in [6.07, 6.45) is 100. The second kappa shape index (κ2) is 67.0. The highest BCUT2D eigenvalue weighted by Gasteiger charge is 2.22. The van der Waals surface area contributed by atoms with Crippen LogP contribution >= 0.6 is 7.82 Å².